The van der Waals surface area contributed by atoms with E-state index >= 15 is 0 Å². The minimum atomic E-state index is -0.212. The van der Waals surface area contributed by atoms with Crippen molar-refractivity contribution in [3.05, 3.63) is 65.5 Å². The quantitative estimate of drug-likeness (QED) is 0.718. The topological polar surface area (TPSA) is 41.6 Å². The van der Waals surface area contributed by atoms with Gasteiger partial charge in [-0.15, -0.1) is 0 Å². The average molecular weight is 425 g/mol. The predicted molar refractivity (Wildman–Crippen MR) is 121 cm³/mol. The van der Waals surface area contributed by atoms with Gasteiger partial charge in [-0.05, 0) is 54.5 Å². The molecular formula is C26H33FN2O2. The van der Waals surface area contributed by atoms with Gasteiger partial charge in [0.1, 0.15) is 17.2 Å². The summed E-state index contributed by atoms with van der Waals surface area (Å²) in [4.78, 5) is 15.0. The highest BCUT2D eigenvalue weighted by Gasteiger charge is 2.43. The van der Waals surface area contributed by atoms with E-state index in [4.69, 9.17) is 4.74 Å². The van der Waals surface area contributed by atoms with Crippen molar-refractivity contribution >= 4 is 5.91 Å². The molecule has 1 spiro atoms. The number of benzene rings is 2. The van der Waals surface area contributed by atoms with E-state index in [2.05, 4.69) is 30.1 Å². The molecule has 1 N–H and O–H groups in total. The summed E-state index contributed by atoms with van der Waals surface area (Å²) >= 11 is 0. The van der Waals surface area contributed by atoms with Crippen LogP contribution in [0.15, 0.2) is 48.5 Å². The van der Waals surface area contributed by atoms with Crippen LogP contribution in [0.3, 0.4) is 0 Å². The molecule has 2 aliphatic rings. The molecule has 0 saturated carbocycles. The molecule has 1 atom stereocenters. The summed E-state index contributed by atoms with van der Waals surface area (Å²) in [6.07, 6.45) is 3.26. The van der Waals surface area contributed by atoms with E-state index < -0.39 is 0 Å². The van der Waals surface area contributed by atoms with Crippen molar-refractivity contribution in [2.75, 3.05) is 19.6 Å². The molecule has 0 radical (unpaired) electrons. The van der Waals surface area contributed by atoms with Gasteiger partial charge >= 0.3 is 0 Å². The lowest BCUT2D eigenvalue weighted by Gasteiger charge is -2.47. The fraction of sp³-hybridized carbons (Fsp3) is 0.500. The molecule has 5 heteroatoms. The molecule has 4 rings (SSSR count). The van der Waals surface area contributed by atoms with Crippen LogP contribution in [0, 0.1) is 11.7 Å². The number of carbonyl (C=O) groups excluding carboxylic acids is 1. The molecule has 2 heterocycles. The van der Waals surface area contributed by atoms with Crippen LogP contribution < -0.4 is 10.1 Å². The molecule has 2 aromatic rings. The van der Waals surface area contributed by atoms with Crippen LogP contribution in [0.1, 0.15) is 56.6 Å². The van der Waals surface area contributed by atoms with Crippen LogP contribution in [0.5, 0.6) is 5.75 Å². The Hall–Kier alpha value is -2.40. The zero-order chi connectivity index (χ0) is 21.8. The van der Waals surface area contributed by atoms with Gasteiger partial charge in [0.25, 0.3) is 0 Å². The summed E-state index contributed by atoms with van der Waals surface area (Å²) < 4.78 is 19.8. The van der Waals surface area contributed by atoms with E-state index in [0.717, 1.165) is 55.8 Å². The smallest absolute Gasteiger partial charge is 0.220 e. The number of hydrogen-bond donors (Lipinski definition) is 1. The molecule has 0 aromatic heterocycles. The highest BCUT2D eigenvalue weighted by molar-refractivity contribution is 5.77. The Labute approximate surface area is 184 Å². The number of likely N-dealkylation sites (tertiary alicyclic amines) is 1. The summed E-state index contributed by atoms with van der Waals surface area (Å²) in [5.74, 6) is 1.49. The Morgan fingerprint density at radius 3 is 2.58 bits per heavy atom. The van der Waals surface area contributed by atoms with Crippen molar-refractivity contribution in [2.45, 2.75) is 57.6 Å². The largest absolute Gasteiger partial charge is 0.487 e. The van der Waals surface area contributed by atoms with Gasteiger partial charge in [0.05, 0.1) is 0 Å². The molecule has 1 fully saturated rings. The first-order chi connectivity index (χ1) is 14.9. The zero-order valence-electron chi connectivity index (χ0n) is 18.6. The third kappa shape index (κ3) is 5.45. The third-order valence-corrected chi connectivity index (χ3v) is 6.53. The second-order valence-corrected chi connectivity index (χ2v) is 9.53. The maximum absolute atomic E-state index is 13.2. The van der Waals surface area contributed by atoms with Gasteiger partial charge in [-0.2, -0.15) is 0 Å². The monoisotopic (exact) mass is 424 g/mol. The van der Waals surface area contributed by atoms with Crippen molar-refractivity contribution in [1.82, 2.24) is 10.2 Å². The Kier molecular flexibility index (Phi) is 6.61. The van der Waals surface area contributed by atoms with Crippen molar-refractivity contribution in [2.24, 2.45) is 5.92 Å². The maximum atomic E-state index is 13.2. The molecular weight excluding hydrogens is 391 g/mol. The Morgan fingerprint density at radius 1 is 1.16 bits per heavy atom. The van der Waals surface area contributed by atoms with Crippen molar-refractivity contribution in [1.29, 1.82) is 0 Å². The van der Waals surface area contributed by atoms with Crippen molar-refractivity contribution in [3.63, 3.8) is 0 Å². The lowest BCUT2D eigenvalue weighted by molar-refractivity contribution is -0.122. The van der Waals surface area contributed by atoms with E-state index in [0.29, 0.717) is 18.9 Å². The first kappa shape index (κ1) is 21.8. The Morgan fingerprint density at radius 2 is 1.87 bits per heavy atom. The van der Waals surface area contributed by atoms with Crippen molar-refractivity contribution < 1.29 is 13.9 Å². The molecule has 1 saturated heterocycles. The third-order valence-electron chi connectivity index (χ3n) is 6.53. The second-order valence-electron chi connectivity index (χ2n) is 9.53. The number of amides is 1. The van der Waals surface area contributed by atoms with Crippen LogP contribution in [0.25, 0.3) is 0 Å². The van der Waals surface area contributed by atoms with E-state index in [9.17, 15) is 9.18 Å². The first-order valence-corrected chi connectivity index (χ1v) is 11.4. The van der Waals surface area contributed by atoms with E-state index in [-0.39, 0.29) is 23.2 Å². The number of hydrogen-bond acceptors (Lipinski definition) is 3. The lowest BCUT2D eigenvalue weighted by atomic mass is 9.76. The van der Waals surface area contributed by atoms with Gasteiger partial charge in [-0.3, -0.25) is 9.69 Å². The van der Waals surface area contributed by atoms with E-state index in [1.165, 1.54) is 12.1 Å². The van der Waals surface area contributed by atoms with Crippen LogP contribution >= 0.6 is 0 Å². The number of fused-ring (bicyclic) bond motifs is 1. The van der Waals surface area contributed by atoms with Gasteiger partial charge in [0.2, 0.25) is 5.91 Å². The molecule has 0 bridgehead atoms. The second kappa shape index (κ2) is 9.39. The average Bonchev–Trinajstić information content (AvgIpc) is 2.76. The van der Waals surface area contributed by atoms with Crippen LogP contribution in [-0.2, 0) is 11.3 Å². The SMILES string of the molecule is CC(C)CNC(=O)C[C@@H]1CC2(CCN(Cc3ccc(F)cc3)CC2)Oc2ccccc21. The lowest BCUT2D eigenvalue weighted by Crippen LogP contribution is -2.50. The van der Waals surface area contributed by atoms with Gasteiger partial charge in [-0.25, -0.2) is 4.39 Å². The minimum Gasteiger partial charge on any atom is -0.487 e. The summed E-state index contributed by atoms with van der Waals surface area (Å²) in [7, 11) is 0. The molecule has 0 unspecified atom stereocenters. The number of para-hydroxylation sites is 1. The summed E-state index contributed by atoms with van der Waals surface area (Å²) in [6, 6.07) is 15.0. The molecule has 166 valence electrons. The van der Waals surface area contributed by atoms with E-state index in [1.807, 2.05) is 30.3 Å². The van der Waals surface area contributed by atoms with Gasteiger partial charge in [-0.1, -0.05) is 44.2 Å². The highest BCUT2D eigenvalue weighted by atomic mass is 19.1. The Balaban J connectivity index is 1.42. The number of nitrogens with one attached hydrogen (secondary N) is 1. The Bertz CT molecular complexity index is 889. The number of nitrogens with zero attached hydrogens (tertiary/aromatic N) is 1. The van der Waals surface area contributed by atoms with Crippen LogP contribution in [0.2, 0.25) is 0 Å². The normalized spacial score (nSPS) is 20.3. The predicted octanol–water partition coefficient (Wildman–Crippen LogP) is 4.89. The van der Waals surface area contributed by atoms with E-state index in [1.54, 1.807) is 0 Å². The molecule has 0 aliphatic carbocycles. The molecule has 2 aromatic carbocycles. The van der Waals surface area contributed by atoms with Crippen LogP contribution in [-0.4, -0.2) is 36.0 Å². The molecule has 1 amide bonds. The fourth-order valence-electron chi connectivity index (χ4n) is 4.81. The zero-order valence-corrected chi connectivity index (χ0v) is 18.6. The van der Waals surface area contributed by atoms with Gasteiger partial charge in [0, 0.05) is 38.5 Å². The number of halogens is 1. The molecule has 2 aliphatic heterocycles. The van der Waals surface area contributed by atoms with Gasteiger partial charge in [0.15, 0.2) is 0 Å². The fourth-order valence-corrected chi connectivity index (χ4v) is 4.81. The maximum Gasteiger partial charge on any atom is 0.220 e. The van der Waals surface area contributed by atoms with Crippen LogP contribution in [0.4, 0.5) is 4.39 Å². The van der Waals surface area contributed by atoms with Crippen molar-refractivity contribution in [3.8, 4) is 5.75 Å². The summed E-state index contributed by atoms with van der Waals surface area (Å²) in [5.41, 5.74) is 2.07. The van der Waals surface area contributed by atoms with Gasteiger partial charge < -0.3 is 10.1 Å². The number of rotatable bonds is 6. The number of carbonyl (C=O) groups is 1. The summed E-state index contributed by atoms with van der Waals surface area (Å²) in [6.45, 7) is 7.64. The molecule has 31 heavy (non-hydrogen) atoms. The standard InChI is InChI=1S/C26H33FN2O2/c1-19(2)17-28-25(30)15-21-16-26(31-24-6-4-3-5-23(21)24)11-13-29(14-12-26)18-20-7-9-22(27)10-8-20/h3-10,19,21H,11-18H2,1-2H3,(H,28,30)/t21-/m1/s1. The highest BCUT2D eigenvalue weighted by Crippen LogP contribution is 2.46. The number of piperidine rings is 1. The summed E-state index contributed by atoms with van der Waals surface area (Å²) in [5, 5.41) is 3.08. The minimum absolute atomic E-state index is 0.124. The first-order valence-electron chi connectivity index (χ1n) is 11.4. The number of ether oxygens (including phenoxy) is 1. The molecule has 4 nitrogen and oxygen atoms in total.